The SMILES string of the molecule is O[SiH3].[C-]1=CC=CC1.[C-]1=CC=CC1.[Zr].[c-]1ccccc1.[c-]1ccccc1.[c-]1ccccc1. The summed E-state index contributed by atoms with van der Waals surface area (Å²) in [7, 11) is 0.306. The zero-order valence-corrected chi connectivity index (χ0v) is 22.4. The van der Waals surface area contributed by atoms with Gasteiger partial charge < -0.3 is 4.80 Å². The second-order valence-electron chi connectivity index (χ2n) is 5.24. The number of rotatable bonds is 0. The third-order valence-corrected chi connectivity index (χ3v) is 2.99. The molecule has 3 aromatic carbocycles. The van der Waals surface area contributed by atoms with Crippen molar-refractivity contribution in [1.29, 1.82) is 0 Å². The quantitative estimate of drug-likeness (QED) is 0.327. The van der Waals surface area contributed by atoms with E-state index in [9.17, 15) is 0 Å². The van der Waals surface area contributed by atoms with Crippen LogP contribution in [0.4, 0.5) is 0 Å². The summed E-state index contributed by atoms with van der Waals surface area (Å²) in [6.07, 6.45) is 20.0. The first kappa shape index (κ1) is 30.9. The summed E-state index contributed by atoms with van der Waals surface area (Å²) in [4.78, 5) is 7.14. The van der Waals surface area contributed by atoms with Gasteiger partial charge in [-0.3, -0.25) is 12.2 Å². The van der Waals surface area contributed by atoms with Gasteiger partial charge in [0, 0.05) is 26.2 Å². The second kappa shape index (κ2) is 29.9. The fourth-order valence-electron chi connectivity index (χ4n) is 1.71. The Bertz CT molecular complexity index is 573. The fourth-order valence-corrected chi connectivity index (χ4v) is 1.71. The molecule has 5 rings (SSSR count). The maximum atomic E-state index is 7.14. The Hall–Kier alpha value is -2.32. The van der Waals surface area contributed by atoms with Crippen molar-refractivity contribution in [3.63, 3.8) is 0 Å². The molecule has 160 valence electrons. The molecule has 0 amide bonds. The van der Waals surface area contributed by atoms with E-state index in [2.05, 4.69) is 42.5 Å². The van der Waals surface area contributed by atoms with Gasteiger partial charge in [-0.15, -0.1) is 12.8 Å². The third kappa shape index (κ3) is 27.7. The molecule has 2 aliphatic rings. The van der Waals surface area contributed by atoms with Gasteiger partial charge in [0.15, 0.2) is 0 Å². The van der Waals surface area contributed by atoms with E-state index in [0.29, 0.717) is 10.5 Å². The van der Waals surface area contributed by atoms with Crippen molar-refractivity contribution in [2.24, 2.45) is 0 Å². The van der Waals surface area contributed by atoms with Crippen LogP contribution < -0.4 is 0 Å². The van der Waals surface area contributed by atoms with Gasteiger partial charge in [0.2, 0.25) is 0 Å². The van der Waals surface area contributed by atoms with Gasteiger partial charge in [-0.1, -0.05) is 0 Å². The van der Waals surface area contributed by atoms with Crippen LogP contribution in [0.3, 0.4) is 0 Å². The van der Waals surface area contributed by atoms with E-state index in [0.717, 1.165) is 12.8 Å². The predicted octanol–water partition coefficient (Wildman–Crippen LogP) is 5.33. The molecule has 0 radical (unpaired) electrons. The Morgan fingerprint density at radius 3 is 0.839 bits per heavy atom. The van der Waals surface area contributed by atoms with Crippen molar-refractivity contribution in [3.8, 4) is 0 Å². The predicted molar refractivity (Wildman–Crippen MR) is 131 cm³/mol. The molecule has 0 aliphatic heterocycles. The van der Waals surface area contributed by atoms with Crippen molar-refractivity contribution in [2.45, 2.75) is 12.8 Å². The molecule has 31 heavy (non-hydrogen) atoms. The average Bonchev–Trinajstić information content (AvgIpc) is 3.64. The first-order valence-corrected chi connectivity index (χ1v) is 10.5. The largest absolute Gasteiger partial charge is 0.442 e. The van der Waals surface area contributed by atoms with Gasteiger partial charge in [-0.2, -0.15) is 121 Å². The molecule has 1 N–H and O–H groups in total. The van der Waals surface area contributed by atoms with E-state index in [-0.39, 0.29) is 26.2 Å². The minimum absolute atomic E-state index is 0. The average molecular weight is 501 g/mol. The van der Waals surface area contributed by atoms with E-state index in [1.165, 1.54) is 0 Å². The third-order valence-electron chi connectivity index (χ3n) is 2.99. The van der Waals surface area contributed by atoms with Crippen LogP contribution in [0.2, 0.25) is 0 Å². The van der Waals surface area contributed by atoms with Gasteiger partial charge in [0.05, 0.1) is 0 Å². The Labute approximate surface area is 211 Å². The Morgan fingerprint density at radius 1 is 0.484 bits per heavy atom. The first-order chi connectivity index (χ1) is 15.0. The summed E-state index contributed by atoms with van der Waals surface area (Å²) in [6.45, 7) is 0. The summed E-state index contributed by atoms with van der Waals surface area (Å²) >= 11 is 0. The normalized spacial score (nSPS) is 10.6. The zero-order valence-electron chi connectivity index (χ0n) is 18.0. The molecule has 1 nitrogen and oxygen atoms in total. The molecule has 0 fully saturated rings. The smallest absolute Gasteiger partial charge is 0.141 e. The maximum absolute atomic E-state index is 7.14. The molecule has 0 heterocycles. The Balaban J connectivity index is 0. The summed E-state index contributed by atoms with van der Waals surface area (Å²) < 4.78 is 0. The van der Waals surface area contributed by atoms with Crippen LogP contribution in [0.25, 0.3) is 0 Å². The van der Waals surface area contributed by atoms with Crippen LogP contribution >= 0.6 is 0 Å². The van der Waals surface area contributed by atoms with E-state index < -0.39 is 0 Å². The molecule has 0 saturated carbocycles. The molecule has 0 unspecified atom stereocenters. The second-order valence-corrected chi connectivity index (χ2v) is 5.24. The van der Waals surface area contributed by atoms with E-state index in [4.69, 9.17) is 4.80 Å². The number of hydrogen-bond donors (Lipinski definition) is 1. The molecule has 0 atom stereocenters. The van der Waals surface area contributed by atoms with E-state index >= 15 is 0 Å². The van der Waals surface area contributed by atoms with Crippen LogP contribution in [0, 0.1) is 30.4 Å². The summed E-state index contributed by atoms with van der Waals surface area (Å²) in [5, 5.41) is 0. The van der Waals surface area contributed by atoms with Crippen LogP contribution in [0.1, 0.15) is 12.8 Å². The molecule has 3 aromatic rings. The van der Waals surface area contributed by atoms with Crippen molar-refractivity contribution < 1.29 is 31.0 Å². The van der Waals surface area contributed by atoms with Crippen molar-refractivity contribution in [1.82, 2.24) is 0 Å². The molecule has 0 bridgehead atoms. The molecule has 3 heteroatoms. The molecule has 0 saturated heterocycles. The summed E-state index contributed by atoms with van der Waals surface area (Å²) in [6, 6.07) is 37.5. The molecule has 0 spiro atoms. The van der Waals surface area contributed by atoms with Crippen LogP contribution in [0.5, 0.6) is 0 Å². The van der Waals surface area contributed by atoms with Crippen molar-refractivity contribution in [2.75, 3.05) is 0 Å². The Kier molecular flexibility index (Phi) is 29.8. The molecular formula is C28H29OSiZr-5. The Morgan fingerprint density at radius 2 is 0.774 bits per heavy atom. The maximum Gasteiger partial charge on any atom is 0.141 e. The zero-order chi connectivity index (χ0) is 21.8. The number of hydrogen-bond acceptors (Lipinski definition) is 1. The van der Waals surface area contributed by atoms with Gasteiger partial charge in [0.25, 0.3) is 0 Å². The first-order valence-electron chi connectivity index (χ1n) is 9.61. The molecule has 0 aromatic heterocycles. The van der Waals surface area contributed by atoms with Gasteiger partial charge in [-0.25, -0.2) is 24.3 Å². The summed E-state index contributed by atoms with van der Waals surface area (Å²) in [5.41, 5.74) is 0. The summed E-state index contributed by atoms with van der Waals surface area (Å²) in [5.74, 6) is 0. The minimum atomic E-state index is 0. The fraction of sp³-hybridized carbons (Fsp3) is 0.0714. The monoisotopic (exact) mass is 499 g/mol. The van der Waals surface area contributed by atoms with Crippen LogP contribution in [0.15, 0.2) is 127 Å². The van der Waals surface area contributed by atoms with Crippen LogP contribution in [-0.4, -0.2) is 15.3 Å². The number of allylic oxidation sites excluding steroid dienone is 8. The van der Waals surface area contributed by atoms with Gasteiger partial charge >= 0.3 is 0 Å². The molecular weight excluding hydrogens is 472 g/mol. The van der Waals surface area contributed by atoms with Gasteiger partial charge in [0.1, 0.15) is 10.5 Å². The van der Waals surface area contributed by atoms with Crippen molar-refractivity contribution in [3.05, 3.63) is 158 Å². The topological polar surface area (TPSA) is 20.2 Å². The van der Waals surface area contributed by atoms with E-state index in [1.54, 1.807) is 0 Å². The van der Waals surface area contributed by atoms with Crippen molar-refractivity contribution >= 4 is 10.5 Å². The van der Waals surface area contributed by atoms with Crippen LogP contribution in [-0.2, 0) is 26.2 Å². The van der Waals surface area contributed by atoms with E-state index in [1.807, 2.05) is 115 Å². The number of benzene rings is 3. The molecule has 2 aliphatic carbocycles. The minimum Gasteiger partial charge on any atom is -0.442 e. The van der Waals surface area contributed by atoms with Gasteiger partial charge in [-0.05, 0) is 0 Å². The standard InChI is InChI=1S/3C6H5.2C5H5.H4OSi.Zr/c3*1-2-4-6-5-3-1;2*1-2-4-5-3-1;1-2;/h3*1-5H;2*1-3H,4H2;1H,2H3;/q5*-1;;.